The van der Waals surface area contributed by atoms with Crippen LogP contribution in [0.2, 0.25) is 0 Å². The molecule has 1 aliphatic carbocycles. The van der Waals surface area contributed by atoms with E-state index in [0.29, 0.717) is 18.4 Å². The number of carbonyl (C=O) groups is 1. The maximum absolute atomic E-state index is 12.5. The minimum Gasteiger partial charge on any atom is -0.374 e. The first-order chi connectivity index (χ1) is 10.7. The number of carbonyl (C=O) groups excluding carboxylic acids is 1. The molecule has 1 heterocycles. The number of nitrogens with zero attached hydrogens (tertiary/aromatic N) is 1. The van der Waals surface area contributed by atoms with Gasteiger partial charge in [-0.05, 0) is 31.1 Å². The maximum atomic E-state index is 12.5. The molecule has 2 fully saturated rings. The van der Waals surface area contributed by atoms with E-state index >= 15 is 0 Å². The van der Waals surface area contributed by atoms with Crippen molar-refractivity contribution in [1.29, 1.82) is 0 Å². The zero-order valence-electron chi connectivity index (χ0n) is 15.7. The van der Waals surface area contributed by atoms with Crippen molar-refractivity contribution in [2.45, 2.75) is 47.6 Å². The fraction of sp³-hybridized carbons (Fsp3) is 0.842. The number of hydrogen-bond acceptors (Lipinski definition) is 3. The van der Waals surface area contributed by atoms with Gasteiger partial charge in [0.2, 0.25) is 5.91 Å². The average Bonchev–Trinajstić information content (AvgIpc) is 2.96. The highest BCUT2D eigenvalue weighted by Gasteiger charge is 2.60. The molecule has 4 heteroatoms. The zero-order valence-corrected chi connectivity index (χ0v) is 15.7. The maximum Gasteiger partial charge on any atom is 0.224 e. The molecule has 1 amide bonds. The van der Waals surface area contributed by atoms with Crippen LogP contribution in [0.3, 0.4) is 0 Å². The smallest absolute Gasteiger partial charge is 0.224 e. The molecular formula is C19H34N2O2. The first-order valence-electron chi connectivity index (χ1n) is 8.98. The molecule has 1 N–H and O–H groups in total. The Bertz CT molecular complexity index is 452. The molecule has 1 saturated carbocycles. The minimum absolute atomic E-state index is 0.0818. The summed E-state index contributed by atoms with van der Waals surface area (Å²) in [6.45, 7) is 17.5. The van der Waals surface area contributed by atoms with Gasteiger partial charge in [0, 0.05) is 26.2 Å². The van der Waals surface area contributed by atoms with Crippen molar-refractivity contribution in [3.05, 3.63) is 11.6 Å². The Morgan fingerprint density at radius 3 is 2.70 bits per heavy atom. The van der Waals surface area contributed by atoms with Crippen LogP contribution in [0, 0.1) is 23.2 Å². The van der Waals surface area contributed by atoms with Crippen molar-refractivity contribution in [3.63, 3.8) is 0 Å². The first kappa shape index (κ1) is 18.5. The monoisotopic (exact) mass is 322 g/mol. The van der Waals surface area contributed by atoms with Crippen molar-refractivity contribution in [1.82, 2.24) is 10.2 Å². The van der Waals surface area contributed by atoms with Crippen molar-refractivity contribution in [2.75, 3.05) is 32.8 Å². The molecule has 0 spiro atoms. The predicted octanol–water partition coefficient (Wildman–Crippen LogP) is 2.70. The largest absolute Gasteiger partial charge is 0.374 e. The minimum atomic E-state index is 0.0818. The number of morpholine rings is 1. The highest BCUT2D eigenvalue weighted by Crippen LogP contribution is 2.59. The lowest BCUT2D eigenvalue weighted by molar-refractivity contribution is -0.124. The Morgan fingerprint density at radius 1 is 1.39 bits per heavy atom. The average molecular weight is 322 g/mol. The van der Waals surface area contributed by atoms with E-state index in [-0.39, 0.29) is 23.3 Å². The molecule has 0 unspecified atom stereocenters. The summed E-state index contributed by atoms with van der Waals surface area (Å²) in [6.07, 6.45) is 2.36. The standard InChI is InChI=1S/C19H34N2O2/c1-13(2)9-16-17(19(16,5)6)18(22)20-10-15-12-21(7-8-23-15)11-14(3)4/h9,14-17H,7-8,10-12H2,1-6H3,(H,20,22)/t15-,16-,17+/m1/s1. The van der Waals surface area contributed by atoms with Crippen LogP contribution in [-0.2, 0) is 9.53 Å². The molecule has 2 aliphatic rings. The second kappa shape index (κ2) is 7.35. The van der Waals surface area contributed by atoms with E-state index in [1.54, 1.807) is 0 Å². The van der Waals surface area contributed by atoms with Gasteiger partial charge in [0.25, 0.3) is 0 Å². The summed E-state index contributed by atoms with van der Waals surface area (Å²) >= 11 is 0. The summed E-state index contributed by atoms with van der Waals surface area (Å²) in [5.41, 5.74) is 1.37. The van der Waals surface area contributed by atoms with E-state index < -0.39 is 0 Å². The molecule has 1 aliphatic heterocycles. The van der Waals surface area contributed by atoms with E-state index in [9.17, 15) is 4.79 Å². The highest BCUT2D eigenvalue weighted by atomic mass is 16.5. The Morgan fingerprint density at radius 2 is 2.09 bits per heavy atom. The van der Waals surface area contributed by atoms with Gasteiger partial charge in [0.15, 0.2) is 0 Å². The molecule has 0 aromatic carbocycles. The quantitative estimate of drug-likeness (QED) is 0.765. The van der Waals surface area contributed by atoms with Gasteiger partial charge in [-0.3, -0.25) is 9.69 Å². The third kappa shape index (κ3) is 4.80. The van der Waals surface area contributed by atoms with Crippen LogP contribution >= 0.6 is 0 Å². The lowest BCUT2D eigenvalue weighted by Crippen LogP contribution is -2.48. The normalized spacial score (nSPS) is 30.1. The van der Waals surface area contributed by atoms with Crippen molar-refractivity contribution in [2.24, 2.45) is 23.2 Å². The molecule has 3 atom stereocenters. The number of amides is 1. The van der Waals surface area contributed by atoms with E-state index in [1.807, 2.05) is 0 Å². The number of allylic oxidation sites excluding steroid dienone is 2. The number of hydrogen-bond donors (Lipinski definition) is 1. The Hall–Kier alpha value is -0.870. The number of rotatable bonds is 6. The third-order valence-electron chi connectivity index (χ3n) is 5.06. The molecule has 23 heavy (non-hydrogen) atoms. The predicted molar refractivity (Wildman–Crippen MR) is 94.2 cm³/mol. The van der Waals surface area contributed by atoms with Gasteiger partial charge >= 0.3 is 0 Å². The molecule has 0 aromatic heterocycles. The first-order valence-corrected chi connectivity index (χ1v) is 8.98. The second-order valence-corrected chi connectivity index (χ2v) is 8.46. The lowest BCUT2D eigenvalue weighted by Gasteiger charge is -2.34. The van der Waals surface area contributed by atoms with Gasteiger partial charge < -0.3 is 10.1 Å². The topological polar surface area (TPSA) is 41.6 Å². The fourth-order valence-electron chi connectivity index (χ4n) is 3.76. The molecule has 0 aromatic rings. The van der Waals surface area contributed by atoms with Crippen LogP contribution in [0.5, 0.6) is 0 Å². The van der Waals surface area contributed by atoms with Gasteiger partial charge in [-0.15, -0.1) is 0 Å². The Balaban J connectivity index is 1.80. The molecule has 0 bridgehead atoms. The second-order valence-electron chi connectivity index (χ2n) is 8.46. The summed E-state index contributed by atoms with van der Waals surface area (Å²) in [4.78, 5) is 14.9. The van der Waals surface area contributed by atoms with Crippen molar-refractivity contribution in [3.8, 4) is 0 Å². The third-order valence-corrected chi connectivity index (χ3v) is 5.06. The molecule has 0 radical (unpaired) electrons. The van der Waals surface area contributed by atoms with Crippen LogP contribution in [0.1, 0.15) is 41.5 Å². The van der Waals surface area contributed by atoms with Gasteiger partial charge in [-0.2, -0.15) is 0 Å². The van der Waals surface area contributed by atoms with E-state index in [4.69, 9.17) is 4.74 Å². The molecule has 132 valence electrons. The summed E-state index contributed by atoms with van der Waals surface area (Å²) in [6, 6.07) is 0. The van der Waals surface area contributed by atoms with E-state index in [1.165, 1.54) is 5.57 Å². The number of ether oxygens (including phenoxy) is 1. The van der Waals surface area contributed by atoms with E-state index in [2.05, 4.69) is 57.8 Å². The van der Waals surface area contributed by atoms with Crippen LogP contribution < -0.4 is 5.32 Å². The van der Waals surface area contributed by atoms with Crippen molar-refractivity contribution >= 4 is 5.91 Å². The van der Waals surface area contributed by atoms with Crippen LogP contribution in [-0.4, -0.2) is 49.7 Å². The molecule has 1 saturated heterocycles. The zero-order chi connectivity index (χ0) is 17.2. The van der Waals surface area contributed by atoms with Gasteiger partial charge in [-0.25, -0.2) is 0 Å². The lowest BCUT2D eigenvalue weighted by atomic mass is 10.1. The fourth-order valence-corrected chi connectivity index (χ4v) is 3.76. The Labute approximate surface area is 141 Å². The summed E-state index contributed by atoms with van der Waals surface area (Å²) in [7, 11) is 0. The SMILES string of the molecule is CC(C)=C[C@@H]1[C@@H](C(=O)NC[C@@H]2CN(CC(C)C)CCO2)C1(C)C. The van der Waals surface area contributed by atoms with Crippen LogP contribution in [0.4, 0.5) is 0 Å². The van der Waals surface area contributed by atoms with Crippen LogP contribution in [0.15, 0.2) is 11.6 Å². The van der Waals surface area contributed by atoms with Gasteiger partial charge in [-0.1, -0.05) is 39.3 Å². The summed E-state index contributed by atoms with van der Waals surface area (Å²) < 4.78 is 5.82. The van der Waals surface area contributed by atoms with E-state index in [0.717, 1.165) is 26.2 Å². The van der Waals surface area contributed by atoms with Crippen molar-refractivity contribution < 1.29 is 9.53 Å². The summed E-state index contributed by atoms with van der Waals surface area (Å²) in [5, 5.41) is 3.13. The molecular weight excluding hydrogens is 288 g/mol. The van der Waals surface area contributed by atoms with Gasteiger partial charge in [0.1, 0.15) is 0 Å². The highest BCUT2D eigenvalue weighted by molar-refractivity contribution is 5.83. The van der Waals surface area contributed by atoms with Gasteiger partial charge in [0.05, 0.1) is 18.6 Å². The number of nitrogens with one attached hydrogen (secondary N) is 1. The summed E-state index contributed by atoms with van der Waals surface area (Å²) in [5.74, 6) is 1.33. The molecule has 2 rings (SSSR count). The Kier molecular flexibility index (Phi) is 5.90. The molecule has 4 nitrogen and oxygen atoms in total. The van der Waals surface area contributed by atoms with Crippen LogP contribution in [0.25, 0.3) is 0 Å².